The first-order valence-corrected chi connectivity index (χ1v) is 10.6. The number of esters is 1. The molecule has 0 aliphatic carbocycles. The Morgan fingerprint density at radius 2 is 1.62 bits per heavy atom. The van der Waals surface area contributed by atoms with E-state index in [-0.39, 0.29) is 5.70 Å². The van der Waals surface area contributed by atoms with Crippen LogP contribution in [-0.2, 0) is 14.3 Å². The summed E-state index contributed by atoms with van der Waals surface area (Å²) >= 11 is 0. The van der Waals surface area contributed by atoms with Crippen molar-refractivity contribution < 1.29 is 28.5 Å². The lowest BCUT2D eigenvalue weighted by Crippen LogP contribution is -2.34. The molecule has 0 aliphatic rings. The van der Waals surface area contributed by atoms with Gasteiger partial charge in [0, 0.05) is 17.8 Å². The lowest BCUT2D eigenvalue weighted by Gasteiger charge is -2.20. The summed E-state index contributed by atoms with van der Waals surface area (Å²) in [6.45, 7) is 5.20. The van der Waals surface area contributed by atoms with E-state index in [0.29, 0.717) is 17.1 Å². The van der Waals surface area contributed by atoms with E-state index in [1.807, 2.05) is 36.4 Å². The van der Waals surface area contributed by atoms with Crippen molar-refractivity contribution in [3.05, 3.63) is 60.1 Å². The Kier molecular flexibility index (Phi) is 7.40. The number of aromatic nitrogens is 1. The third-order valence-electron chi connectivity index (χ3n) is 4.89. The minimum absolute atomic E-state index is 0.0653. The van der Waals surface area contributed by atoms with Crippen LogP contribution in [0.2, 0.25) is 0 Å². The molecule has 0 fully saturated rings. The monoisotopic (exact) mass is 464 g/mol. The molecule has 0 aliphatic heterocycles. The summed E-state index contributed by atoms with van der Waals surface area (Å²) < 4.78 is 21.3. The van der Waals surface area contributed by atoms with Gasteiger partial charge in [0.25, 0.3) is 0 Å². The fraction of sp³-hybridized carbons (Fsp3) is 0.269. The fourth-order valence-corrected chi connectivity index (χ4v) is 3.50. The zero-order valence-electron chi connectivity index (χ0n) is 20.1. The second-order valence-electron chi connectivity index (χ2n) is 8.34. The van der Waals surface area contributed by atoms with Crippen LogP contribution in [0.3, 0.4) is 0 Å². The zero-order valence-corrected chi connectivity index (χ0v) is 20.1. The van der Waals surface area contributed by atoms with Crippen molar-refractivity contribution in [3.63, 3.8) is 0 Å². The van der Waals surface area contributed by atoms with Gasteiger partial charge in [0.05, 0.1) is 26.9 Å². The third kappa shape index (κ3) is 5.46. The van der Waals surface area contributed by atoms with E-state index in [9.17, 15) is 9.59 Å². The molecule has 1 aromatic heterocycles. The second-order valence-corrected chi connectivity index (χ2v) is 8.34. The molecular formula is C26H28N2O6. The van der Waals surface area contributed by atoms with Crippen LogP contribution in [-0.4, -0.2) is 44.0 Å². The first-order valence-electron chi connectivity index (χ1n) is 10.6. The van der Waals surface area contributed by atoms with Gasteiger partial charge in [-0.05, 0) is 61.6 Å². The van der Waals surface area contributed by atoms with Crippen LogP contribution in [0.15, 0.2) is 54.5 Å². The Bertz CT molecular complexity index is 1220. The van der Waals surface area contributed by atoms with Crippen molar-refractivity contribution in [2.45, 2.75) is 26.4 Å². The molecule has 34 heavy (non-hydrogen) atoms. The number of alkyl carbamates (subject to hydrolysis) is 1. The number of nitrogens with one attached hydrogen (secondary N) is 1. The SMILES string of the molecule is COC(=O)/C(=C/c1ccc(-c2c(OC)cccc2OC)c2ccncc12)NC(=O)OC(C)(C)C. The van der Waals surface area contributed by atoms with Crippen molar-refractivity contribution in [1.82, 2.24) is 10.3 Å². The molecule has 2 aromatic carbocycles. The molecule has 0 atom stereocenters. The summed E-state index contributed by atoms with van der Waals surface area (Å²) in [5.41, 5.74) is 1.52. The van der Waals surface area contributed by atoms with Gasteiger partial charge in [-0.1, -0.05) is 18.2 Å². The van der Waals surface area contributed by atoms with E-state index >= 15 is 0 Å². The van der Waals surface area contributed by atoms with Crippen LogP contribution in [0.1, 0.15) is 26.3 Å². The summed E-state index contributed by atoms with van der Waals surface area (Å²) in [7, 11) is 4.44. The lowest BCUT2D eigenvalue weighted by molar-refractivity contribution is -0.136. The highest BCUT2D eigenvalue weighted by Crippen LogP contribution is 2.42. The number of nitrogens with zero attached hydrogens (tertiary/aromatic N) is 1. The highest BCUT2D eigenvalue weighted by Gasteiger charge is 2.21. The maximum absolute atomic E-state index is 12.4. The molecule has 0 unspecified atom stereocenters. The average Bonchev–Trinajstić information content (AvgIpc) is 2.81. The second kappa shape index (κ2) is 10.2. The van der Waals surface area contributed by atoms with Crippen molar-refractivity contribution in [3.8, 4) is 22.6 Å². The summed E-state index contributed by atoms with van der Waals surface area (Å²) in [5, 5.41) is 4.09. The maximum atomic E-state index is 12.4. The maximum Gasteiger partial charge on any atom is 0.412 e. The minimum atomic E-state index is -0.762. The van der Waals surface area contributed by atoms with E-state index in [4.69, 9.17) is 18.9 Å². The molecule has 1 heterocycles. The molecule has 0 spiro atoms. The number of benzene rings is 2. The van der Waals surface area contributed by atoms with E-state index in [0.717, 1.165) is 21.9 Å². The Morgan fingerprint density at radius 1 is 0.941 bits per heavy atom. The zero-order chi connectivity index (χ0) is 24.9. The minimum Gasteiger partial charge on any atom is -0.496 e. The molecule has 8 nitrogen and oxygen atoms in total. The van der Waals surface area contributed by atoms with Crippen molar-refractivity contribution >= 4 is 28.9 Å². The summed E-state index contributed by atoms with van der Waals surface area (Å²) in [4.78, 5) is 29.0. The van der Waals surface area contributed by atoms with Gasteiger partial charge < -0.3 is 18.9 Å². The van der Waals surface area contributed by atoms with Gasteiger partial charge in [-0.25, -0.2) is 9.59 Å². The van der Waals surface area contributed by atoms with Gasteiger partial charge in [-0.3, -0.25) is 10.3 Å². The number of rotatable bonds is 6. The Labute approximate surface area is 198 Å². The topological polar surface area (TPSA) is 96.0 Å². The molecule has 3 aromatic rings. The fourth-order valence-electron chi connectivity index (χ4n) is 3.50. The Morgan fingerprint density at radius 3 is 2.21 bits per heavy atom. The molecule has 1 N–H and O–H groups in total. The molecule has 0 saturated heterocycles. The van der Waals surface area contributed by atoms with Gasteiger partial charge >= 0.3 is 12.1 Å². The molecule has 0 saturated carbocycles. The van der Waals surface area contributed by atoms with E-state index in [1.54, 1.807) is 47.4 Å². The first-order chi connectivity index (χ1) is 16.2. The van der Waals surface area contributed by atoms with Gasteiger partial charge in [-0.2, -0.15) is 0 Å². The van der Waals surface area contributed by atoms with Crippen LogP contribution < -0.4 is 14.8 Å². The first kappa shape index (κ1) is 24.6. The number of carbonyl (C=O) groups excluding carboxylic acids is 2. The average molecular weight is 465 g/mol. The molecular weight excluding hydrogens is 436 g/mol. The predicted molar refractivity (Wildman–Crippen MR) is 130 cm³/mol. The van der Waals surface area contributed by atoms with Gasteiger partial charge in [0.2, 0.25) is 0 Å². The normalized spacial score (nSPS) is 11.6. The third-order valence-corrected chi connectivity index (χ3v) is 4.89. The predicted octanol–water partition coefficient (Wildman–Crippen LogP) is 4.96. The van der Waals surface area contributed by atoms with Crippen LogP contribution >= 0.6 is 0 Å². The van der Waals surface area contributed by atoms with Crippen LogP contribution in [0.4, 0.5) is 4.79 Å². The van der Waals surface area contributed by atoms with E-state index in [2.05, 4.69) is 10.3 Å². The number of ether oxygens (including phenoxy) is 4. The van der Waals surface area contributed by atoms with Crippen molar-refractivity contribution in [2.75, 3.05) is 21.3 Å². The number of pyridine rings is 1. The summed E-state index contributed by atoms with van der Waals surface area (Å²) in [6, 6.07) is 11.2. The standard InChI is InChI=1S/C26H28N2O6/c1-26(2,3)34-25(30)28-20(24(29)33-6)14-16-10-11-18(17-12-13-27-15-19(16)17)23-21(31-4)8-7-9-22(23)32-5/h7-15H,1-6H3,(H,28,30)/b20-14-. The van der Waals surface area contributed by atoms with E-state index < -0.39 is 17.7 Å². The van der Waals surface area contributed by atoms with Crippen LogP contribution in [0.25, 0.3) is 28.0 Å². The quantitative estimate of drug-likeness (QED) is 0.407. The number of hydrogen-bond acceptors (Lipinski definition) is 7. The number of amides is 1. The largest absolute Gasteiger partial charge is 0.496 e. The van der Waals surface area contributed by atoms with Crippen LogP contribution in [0, 0.1) is 0 Å². The number of hydrogen-bond donors (Lipinski definition) is 1. The van der Waals surface area contributed by atoms with E-state index in [1.165, 1.54) is 13.2 Å². The lowest BCUT2D eigenvalue weighted by atomic mass is 9.94. The Balaban J connectivity index is 2.16. The highest BCUT2D eigenvalue weighted by atomic mass is 16.6. The smallest absolute Gasteiger partial charge is 0.412 e. The van der Waals surface area contributed by atoms with Crippen LogP contribution in [0.5, 0.6) is 11.5 Å². The van der Waals surface area contributed by atoms with Crippen molar-refractivity contribution in [1.29, 1.82) is 0 Å². The van der Waals surface area contributed by atoms with Gasteiger partial charge in [0.15, 0.2) is 0 Å². The molecule has 3 rings (SSSR count). The number of methoxy groups -OCH3 is 3. The summed E-state index contributed by atoms with van der Waals surface area (Å²) in [6.07, 6.45) is 4.14. The molecule has 178 valence electrons. The molecule has 8 heteroatoms. The highest BCUT2D eigenvalue weighted by molar-refractivity contribution is 6.05. The van der Waals surface area contributed by atoms with Gasteiger partial charge in [0.1, 0.15) is 22.8 Å². The van der Waals surface area contributed by atoms with Gasteiger partial charge in [-0.15, -0.1) is 0 Å². The summed E-state index contributed by atoms with van der Waals surface area (Å²) in [5.74, 6) is 0.601. The van der Waals surface area contributed by atoms with Crippen molar-refractivity contribution in [2.24, 2.45) is 0 Å². The number of fused-ring (bicyclic) bond motifs is 1. The molecule has 1 amide bonds. The number of carbonyl (C=O) groups is 2. The molecule has 0 bridgehead atoms. The molecule has 0 radical (unpaired) electrons. The Hall–Kier alpha value is -4.07.